The molecule has 1 aromatic carbocycles. The molecule has 0 aliphatic rings. The molecule has 2 heterocycles. The van der Waals surface area contributed by atoms with E-state index in [4.69, 9.17) is 14.6 Å². The van der Waals surface area contributed by atoms with Crippen LogP contribution in [0.4, 0.5) is 5.00 Å². The zero-order valence-corrected chi connectivity index (χ0v) is 16.8. The molecule has 0 bridgehead atoms. The Morgan fingerprint density at radius 2 is 2.10 bits per heavy atom. The molecule has 3 N–H and O–H groups in total. The summed E-state index contributed by atoms with van der Waals surface area (Å²) < 4.78 is 10.7. The number of ether oxygens (including phenoxy) is 1. The van der Waals surface area contributed by atoms with Crippen molar-refractivity contribution >= 4 is 39.1 Å². The van der Waals surface area contributed by atoms with Crippen molar-refractivity contribution in [3.05, 3.63) is 51.4 Å². The highest BCUT2D eigenvalue weighted by Gasteiger charge is 2.22. The van der Waals surface area contributed by atoms with E-state index < -0.39 is 5.91 Å². The van der Waals surface area contributed by atoms with Crippen LogP contribution in [0.25, 0.3) is 11.0 Å². The molecule has 2 aromatic heterocycles. The Balaban J connectivity index is 2.00. The first-order valence-electron chi connectivity index (χ1n) is 8.69. The Bertz CT molecular complexity index is 1220. The standard InChI is InChI=1S/C20H18N4O4S/c1-4-23-19(26)16-10(2)13(9-21)20(29-16)24-18(25)12-8-11-6-5-7-14(27-3)15(11)28-17(12)22/h5-8,22H,4H2,1-3H3,(H,23,26)(H,24,25). The van der Waals surface area contributed by atoms with Crippen LogP contribution in [0.5, 0.6) is 5.75 Å². The van der Waals surface area contributed by atoms with Gasteiger partial charge < -0.3 is 19.8 Å². The van der Waals surface area contributed by atoms with Gasteiger partial charge in [-0.05, 0) is 31.5 Å². The molecule has 0 saturated heterocycles. The summed E-state index contributed by atoms with van der Waals surface area (Å²) in [5.41, 5.74) is 0.739. The average Bonchev–Trinajstić information content (AvgIpc) is 3.02. The van der Waals surface area contributed by atoms with Crippen LogP contribution >= 0.6 is 11.3 Å². The predicted octanol–water partition coefficient (Wildman–Crippen LogP) is 3.16. The van der Waals surface area contributed by atoms with Crippen molar-refractivity contribution in [3.63, 3.8) is 0 Å². The first kappa shape index (κ1) is 20.1. The number of hydrogen-bond acceptors (Lipinski definition) is 7. The van der Waals surface area contributed by atoms with Gasteiger partial charge in [0.1, 0.15) is 16.6 Å². The van der Waals surface area contributed by atoms with Gasteiger partial charge in [-0.3, -0.25) is 15.0 Å². The van der Waals surface area contributed by atoms with Gasteiger partial charge in [0.05, 0.1) is 17.6 Å². The zero-order chi connectivity index (χ0) is 21.1. The van der Waals surface area contributed by atoms with Gasteiger partial charge in [-0.15, -0.1) is 11.3 Å². The van der Waals surface area contributed by atoms with E-state index in [0.29, 0.717) is 33.7 Å². The van der Waals surface area contributed by atoms with Crippen molar-refractivity contribution in [1.82, 2.24) is 5.32 Å². The Morgan fingerprint density at radius 1 is 1.34 bits per heavy atom. The van der Waals surface area contributed by atoms with Crippen molar-refractivity contribution in [2.45, 2.75) is 13.8 Å². The molecule has 9 heteroatoms. The molecule has 0 radical (unpaired) electrons. The van der Waals surface area contributed by atoms with Crippen LogP contribution in [0.2, 0.25) is 0 Å². The second-order valence-corrected chi connectivity index (χ2v) is 7.07. The lowest BCUT2D eigenvalue weighted by atomic mass is 10.1. The number of carbonyl (C=O) groups excluding carboxylic acids is 2. The summed E-state index contributed by atoms with van der Waals surface area (Å²) in [7, 11) is 1.49. The summed E-state index contributed by atoms with van der Waals surface area (Å²) in [4.78, 5) is 25.3. The molecule has 0 unspecified atom stereocenters. The summed E-state index contributed by atoms with van der Waals surface area (Å²) in [6.45, 7) is 3.90. The molecule has 29 heavy (non-hydrogen) atoms. The molecule has 0 atom stereocenters. The lowest BCUT2D eigenvalue weighted by molar-refractivity contribution is 0.0958. The van der Waals surface area contributed by atoms with Crippen LogP contribution in [-0.2, 0) is 0 Å². The molecule has 2 amide bonds. The normalized spacial score (nSPS) is 10.4. The Labute approximate surface area is 170 Å². The molecule has 3 aromatic rings. The third-order valence-electron chi connectivity index (χ3n) is 4.25. The van der Waals surface area contributed by atoms with E-state index in [0.717, 1.165) is 11.3 Å². The number of hydrogen-bond donors (Lipinski definition) is 3. The minimum atomic E-state index is -0.608. The highest BCUT2D eigenvalue weighted by molar-refractivity contribution is 7.18. The number of amides is 2. The highest BCUT2D eigenvalue weighted by atomic mass is 32.1. The second kappa shape index (κ2) is 8.16. The minimum Gasteiger partial charge on any atom is -0.493 e. The van der Waals surface area contributed by atoms with Gasteiger partial charge in [0.25, 0.3) is 11.8 Å². The molecule has 0 aliphatic heterocycles. The summed E-state index contributed by atoms with van der Waals surface area (Å²) in [6, 6.07) is 8.73. The van der Waals surface area contributed by atoms with Crippen LogP contribution in [0.1, 0.15) is 38.1 Å². The number of fused-ring (bicyclic) bond motifs is 1. The lowest BCUT2D eigenvalue weighted by Gasteiger charge is -2.07. The zero-order valence-electron chi connectivity index (χ0n) is 16.0. The van der Waals surface area contributed by atoms with Crippen molar-refractivity contribution < 1.29 is 18.7 Å². The average molecular weight is 410 g/mol. The number of rotatable bonds is 5. The van der Waals surface area contributed by atoms with Gasteiger partial charge in [-0.1, -0.05) is 12.1 Å². The van der Waals surface area contributed by atoms with Gasteiger partial charge in [0.2, 0.25) is 5.55 Å². The van der Waals surface area contributed by atoms with Crippen LogP contribution in [0.3, 0.4) is 0 Å². The van der Waals surface area contributed by atoms with Crippen LogP contribution in [-0.4, -0.2) is 25.5 Å². The van der Waals surface area contributed by atoms with E-state index in [1.807, 2.05) is 6.07 Å². The number of nitrogens with one attached hydrogen (secondary N) is 3. The molecule has 0 spiro atoms. The summed E-state index contributed by atoms with van der Waals surface area (Å²) in [6.07, 6.45) is 0. The third kappa shape index (κ3) is 3.70. The molecule has 3 rings (SSSR count). The fourth-order valence-electron chi connectivity index (χ4n) is 2.83. The molecular formula is C20H18N4O4S. The second-order valence-electron chi connectivity index (χ2n) is 6.05. The maximum absolute atomic E-state index is 12.8. The maximum atomic E-state index is 12.8. The molecule has 8 nitrogen and oxygen atoms in total. The van der Waals surface area contributed by atoms with Crippen molar-refractivity contribution in [1.29, 1.82) is 10.7 Å². The van der Waals surface area contributed by atoms with Crippen LogP contribution in [0, 0.1) is 23.7 Å². The number of nitriles is 1. The summed E-state index contributed by atoms with van der Waals surface area (Å²) in [5, 5.41) is 23.7. The monoisotopic (exact) mass is 410 g/mol. The maximum Gasteiger partial charge on any atom is 0.261 e. The van der Waals surface area contributed by atoms with Gasteiger partial charge in [-0.2, -0.15) is 5.26 Å². The largest absolute Gasteiger partial charge is 0.493 e. The Morgan fingerprint density at radius 3 is 2.76 bits per heavy atom. The van der Waals surface area contributed by atoms with Gasteiger partial charge in [0.15, 0.2) is 11.3 Å². The number of carbonyl (C=O) groups is 2. The predicted molar refractivity (Wildman–Crippen MR) is 108 cm³/mol. The van der Waals surface area contributed by atoms with E-state index in [1.165, 1.54) is 13.2 Å². The molecule has 0 aliphatic carbocycles. The number of methoxy groups -OCH3 is 1. The van der Waals surface area contributed by atoms with E-state index in [2.05, 4.69) is 10.6 Å². The molecule has 148 valence electrons. The quantitative estimate of drug-likeness (QED) is 0.595. The van der Waals surface area contributed by atoms with E-state index in [9.17, 15) is 14.9 Å². The van der Waals surface area contributed by atoms with Gasteiger partial charge in [-0.25, -0.2) is 0 Å². The Kier molecular flexibility index (Phi) is 5.66. The van der Waals surface area contributed by atoms with Crippen molar-refractivity contribution in [2.24, 2.45) is 0 Å². The van der Waals surface area contributed by atoms with Crippen molar-refractivity contribution in [2.75, 3.05) is 19.0 Å². The molecule has 0 saturated carbocycles. The fourth-order valence-corrected chi connectivity index (χ4v) is 3.90. The first-order valence-corrected chi connectivity index (χ1v) is 9.51. The number of anilines is 1. The van der Waals surface area contributed by atoms with Gasteiger partial charge in [0, 0.05) is 11.9 Å². The smallest absolute Gasteiger partial charge is 0.261 e. The topological polar surface area (TPSA) is 128 Å². The molecular weight excluding hydrogens is 392 g/mol. The van der Waals surface area contributed by atoms with Crippen LogP contribution < -0.4 is 20.9 Å². The summed E-state index contributed by atoms with van der Waals surface area (Å²) >= 11 is 1.02. The number of para-hydroxylation sites is 1. The minimum absolute atomic E-state index is 0.000237. The summed E-state index contributed by atoms with van der Waals surface area (Å²) in [5.74, 6) is -0.458. The molecule has 0 fully saturated rings. The SMILES string of the molecule is CCNC(=O)c1sc(NC(=O)c2cc3cccc(OC)c3oc2=N)c(C#N)c1C. The van der Waals surface area contributed by atoms with E-state index in [-0.39, 0.29) is 27.6 Å². The first-order chi connectivity index (χ1) is 13.9. The number of benzene rings is 1. The number of nitrogens with zero attached hydrogens (tertiary/aromatic N) is 1. The number of thiophene rings is 1. The van der Waals surface area contributed by atoms with Crippen molar-refractivity contribution in [3.8, 4) is 11.8 Å². The third-order valence-corrected chi connectivity index (χ3v) is 5.46. The lowest BCUT2D eigenvalue weighted by Crippen LogP contribution is -2.22. The van der Waals surface area contributed by atoms with E-state index >= 15 is 0 Å². The van der Waals surface area contributed by atoms with E-state index in [1.54, 1.807) is 32.0 Å². The highest BCUT2D eigenvalue weighted by Crippen LogP contribution is 2.33. The Hall–Kier alpha value is -3.64. The fraction of sp³-hybridized carbons (Fsp3) is 0.200. The van der Waals surface area contributed by atoms with Crippen LogP contribution in [0.15, 0.2) is 28.7 Å². The van der Waals surface area contributed by atoms with Gasteiger partial charge >= 0.3 is 0 Å².